The number of piperidine rings is 1. The molecule has 1 aromatic carbocycles. The maximum atomic E-state index is 13.0. The maximum absolute atomic E-state index is 13.0. The van der Waals surface area contributed by atoms with Crippen LogP contribution < -0.4 is 5.32 Å². The lowest BCUT2D eigenvalue weighted by Crippen LogP contribution is -2.57. The van der Waals surface area contributed by atoms with E-state index in [9.17, 15) is 31.2 Å². The summed E-state index contributed by atoms with van der Waals surface area (Å²) in [4.78, 5) is 26.9. The van der Waals surface area contributed by atoms with Gasteiger partial charge in [0.25, 0.3) is 10.2 Å². The summed E-state index contributed by atoms with van der Waals surface area (Å²) in [5.41, 5.74) is -0.306. The number of hydrogen-bond donors (Lipinski definition) is 1. The Hall–Kier alpha value is -2.69. The van der Waals surface area contributed by atoms with Crippen LogP contribution in [0.2, 0.25) is 0 Å². The van der Waals surface area contributed by atoms with Crippen LogP contribution in [-0.2, 0) is 32.5 Å². The normalized spacial score (nSPS) is 21.0. The van der Waals surface area contributed by atoms with Crippen LogP contribution in [0.4, 0.5) is 13.2 Å². The molecule has 13 heteroatoms. The van der Waals surface area contributed by atoms with Crippen LogP contribution in [-0.4, -0.2) is 73.0 Å². The molecular weight excluding hydrogens is 487 g/mol. The van der Waals surface area contributed by atoms with Crippen molar-refractivity contribution in [1.29, 1.82) is 5.26 Å². The van der Waals surface area contributed by atoms with E-state index in [4.69, 9.17) is 5.26 Å². The fourth-order valence-electron chi connectivity index (χ4n) is 4.03. The van der Waals surface area contributed by atoms with Crippen molar-refractivity contribution in [2.24, 2.45) is 11.8 Å². The second kappa shape index (κ2) is 10.5. The number of halogens is 3. The SMILES string of the molecule is CC(C(=O)NCc1ccc(C(F)(F)F)cc1)N(C)C(=O)[C@H]1CCCN(S(=O)(=O)N2CC(C#N)C2)C1. The van der Waals surface area contributed by atoms with Gasteiger partial charge < -0.3 is 10.2 Å². The van der Waals surface area contributed by atoms with Gasteiger partial charge in [-0.05, 0) is 37.5 Å². The zero-order chi connectivity index (χ0) is 26.0. The third kappa shape index (κ3) is 6.12. The minimum absolute atomic E-state index is 0.000873. The highest BCUT2D eigenvalue weighted by Crippen LogP contribution is 2.29. The summed E-state index contributed by atoms with van der Waals surface area (Å²) in [5.74, 6) is -1.77. The molecule has 35 heavy (non-hydrogen) atoms. The Balaban J connectivity index is 1.54. The van der Waals surface area contributed by atoms with Gasteiger partial charge in [-0.25, -0.2) is 0 Å². The van der Waals surface area contributed by atoms with Gasteiger partial charge >= 0.3 is 6.18 Å². The van der Waals surface area contributed by atoms with Crippen molar-refractivity contribution >= 4 is 22.0 Å². The quantitative estimate of drug-likeness (QED) is 0.592. The molecule has 2 atom stereocenters. The average Bonchev–Trinajstić information content (AvgIpc) is 2.80. The summed E-state index contributed by atoms with van der Waals surface area (Å²) in [5, 5.41) is 11.5. The monoisotopic (exact) mass is 515 g/mol. The molecule has 9 nitrogen and oxygen atoms in total. The van der Waals surface area contributed by atoms with Crippen LogP contribution in [0.3, 0.4) is 0 Å². The highest BCUT2D eigenvalue weighted by molar-refractivity contribution is 7.86. The van der Waals surface area contributed by atoms with Crippen LogP contribution in [0.1, 0.15) is 30.9 Å². The maximum Gasteiger partial charge on any atom is 0.416 e. The molecule has 1 unspecified atom stereocenters. The molecule has 192 valence electrons. The van der Waals surface area contributed by atoms with E-state index in [1.54, 1.807) is 0 Å². The highest BCUT2D eigenvalue weighted by Gasteiger charge is 2.42. The lowest BCUT2D eigenvalue weighted by atomic mass is 9.97. The van der Waals surface area contributed by atoms with E-state index in [1.165, 1.54) is 39.6 Å². The van der Waals surface area contributed by atoms with E-state index >= 15 is 0 Å². The van der Waals surface area contributed by atoms with Crippen molar-refractivity contribution in [1.82, 2.24) is 18.8 Å². The third-order valence-electron chi connectivity index (χ3n) is 6.47. The number of rotatable bonds is 7. The molecule has 0 spiro atoms. The molecule has 1 N–H and O–H groups in total. The van der Waals surface area contributed by atoms with Crippen LogP contribution in [0.15, 0.2) is 24.3 Å². The second-order valence-corrected chi connectivity index (χ2v) is 10.8. The first-order valence-corrected chi connectivity index (χ1v) is 12.6. The Morgan fingerprint density at radius 2 is 1.83 bits per heavy atom. The molecule has 0 bridgehead atoms. The Kier molecular flexibility index (Phi) is 8.08. The molecule has 0 aliphatic carbocycles. The van der Waals surface area contributed by atoms with Gasteiger partial charge in [0.15, 0.2) is 0 Å². The van der Waals surface area contributed by atoms with E-state index in [-0.39, 0.29) is 44.5 Å². The molecule has 2 aliphatic heterocycles. The minimum atomic E-state index is -4.44. The number of carbonyl (C=O) groups excluding carboxylic acids is 2. The predicted molar refractivity (Wildman–Crippen MR) is 119 cm³/mol. The van der Waals surface area contributed by atoms with Crippen LogP contribution >= 0.6 is 0 Å². The van der Waals surface area contributed by atoms with Crippen LogP contribution in [0.25, 0.3) is 0 Å². The average molecular weight is 516 g/mol. The number of alkyl halides is 3. The fourth-order valence-corrected chi connectivity index (χ4v) is 5.82. The molecule has 2 aliphatic rings. The number of amides is 2. The Bertz CT molecular complexity index is 1080. The van der Waals surface area contributed by atoms with Crippen LogP contribution in [0, 0.1) is 23.2 Å². The number of nitrogens with zero attached hydrogens (tertiary/aromatic N) is 4. The first-order valence-electron chi connectivity index (χ1n) is 11.2. The molecule has 2 heterocycles. The van der Waals surface area contributed by atoms with Gasteiger partial charge in [0.2, 0.25) is 11.8 Å². The largest absolute Gasteiger partial charge is 0.416 e. The van der Waals surface area contributed by atoms with Crippen molar-refractivity contribution in [2.45, 2.75) is 38.5 Å². The smallest absolute Gasteiger partial charge is 0.350 e. The zero-order valence-electron chi connectivity index (χ0n) is 19.5. The van der Waals surface area contributed by atoms with Crippen molar-refractivity contribution in [3.63, 3.8) is 0 Å². The minimum Gasteiger partial charge on any atom is -0.350 e. The molecule has 2 fully saturated rings. The number of likely N-dealkylation sites (N-methyl/N-ethyl adjacent to an activating group) is 1. The number of carbonyl (C=O) groups is 2. The molecule has 2 amide bonds. The Morgan fingerprint density at radius 1 is 1.20 bits per heavy atom. The van der Waals surface area contributed by atoms with Gasteiger partial charge in [-0.15, -0.1) is 0 Å². The molecule has 2 saturated heterocycles. The Morgan fingerprint density at radius 3 is 2.40 bits per heavy atom. The van der Waals surface area contributed by atoms with Gasteiger partial charge in [-0.2, -0.15) is 35.5 Å². The van der Waals surface area contributed by atoms with E-state index in [0.717, 1.165) is 12.1 Å². The summed E-state index contributed by atoms with van der Waals surface area (Å²) in [6, 6.07) is 5.59. The molecule has 0 aromatic heterocycles. The topological polar surface area (TPSA) is 114 Å². The van der Waals surface area contributed by atoms with Crippen molar-refractivity contribution in [2.75, 3.05) is 33.2 Å². The van der Waals surface area contributed by atoms with Gasteiger partial charge in [0.05, 0.1) is 23.5 Å². The first kappa shape index (κ1) is 26.9. The molecule has 0 radical (unpaired) electrons. The third-order valence-corrected chi connectivity index (χ3v) is 8.41. The summed E-state index contributed by atoms with van der Waals surface area (Å²) in [6.07, 6.45) is -3.47. The van der Waals surface area contributed by atoms with Crippen molar-refractivity contribution in [3.05, 3.63) is 35.4 Å². The summed E-state index contributed by atoms with van der Waals surface area (Å²) in [7, 11) is -2.29. The lowest BCUT2D eigenvalue weighted by molar-refractivity contribution is -0.142. The van der Waals surface area contributed by atoms with E-state index in [0.29, 0.717) is 18.4 Å². The molecule has 0 saturated carbocycles. The van der Waals surface area contributed by atoms with E-state index in [1.807, 2.05) is 6.07 Å². The first-order chi connectivity index (χ1) is 16.3. The predicted octanol–water partition coefficient (Wildman–Crippen LogP) is 1.58. The summed E-state index contributed by atoms with van der Waals surface area (Å²) in [6.45, 7) is 2.09. The zero-order valence-corrected chi connectivity index (χ0v) is 20.3. The summed E-state index contributed by atoms with van der Waals surface area (Å²) >= 11 is 0. The lowest BCUT2D eigenvalue weighted by Gasteiger charge is -2.41. The van der Waals surface area contributed by atoms with Crippen molar-refractivity contribution < 1.29 is 31.2 Å². The number of hydrogen-bond acceptors (Lipinski definition) is 5. The second-order valence-electron chi connectivity index (χ2n) is 8.89. The van der Waals surface area contributed by atoms with E-state index in [2.05, 4.69) is 5.32 Å². The van der Waals surface area contributed by atoms with Crippen LogP contribution in [0.5, 0.6) is 0 Å². The highest BCUT2D eigenvalue weighted by atomic mass is 32.2. The fraction of sp³-hybridized carbons (Fsp3) is 0.591. The van der Waals surface area contributed by atoms with E-state index < -0.39 is 39.8 Å². The van der Waals surface area contributed by atoms with Gasteiger partial charge in [0, 0.05) is 39.8 Å². The Labute approximate surface area is 202 Å². The standard InChI is InChI=1S/C22H28F3N5O4S/c1-15(20(31)27-11-16-5-7-19(8-6-16)22(23,24)25)28(2)21(32)18-4-3-9-29(14-18)35(33,34)30-12-17(10-26)13-30/h5-8,15,17-18H,3-4,9,11-14H2,1-2H3,(H,27,31)/t15?,18-/m0/s1. The number of benzene rings is 1. The number of nitrogens with one attached hydrogen (secondary N) is 1. The number of nitriles is 1. The van der Waals surface area contributed by atoms with Gasteiger partial charge in [0.1, 0.15) is 6.04 Å². The molecule has 1 aromatic rings. The van der Waals surface area contributed by atoms with Gasteiger partial charge in [-0.1, -0.05) is 12.1 Å². The summed E-state index contributed by atoms with van der Waals surface area (Å²) < 4.78 is 66.1. The molecule has 3 rings (SSSR count). The molecular formula is C22H28F3N5O4S. The van der Waals surface area contributed by atoms with Gasteiger partial charge in [-0.3, -0.25) is 9.59 Å². The van der Waals surface area contributed by atoms with Crippen molar-refractivity contribution in [3.8, 4) is 6.07 Å².